The van der Waals surface area contributed by atoms with E-state index in [1.54, 1.807) is 30.3 Å². The molecule has 0 saturated heterocycles. The SMILES string of the molecule is O=C(NCC1COc2ccccc2O1)c1cnc(-c2ccc(Cl)cc2)[nH]c1=O. The second-order valence-electron chi connectivity index (χ2n) is 6.19. The van der Waals surface area contributed by atoms with Gasteiger partial charge in [0, 0.05) is 16.8 Å². The van der Waals surface area contributed by atoms with Gasteiger partial charge in [-0.1, -0.05) is 23.7 Å². The Morgan fingerprint density at radius 3 is 2.68 bits per heavy atom. The van der Waals surface area contributed by atoms with Gasteiger partial charge in [-0.15, -0.1) is 0 Å². The number of carbonyl (C=O) groups is 1. The zero-order valence-corrected chi connectivity index (χ0v) is 15.4. The van der Waals surface area contributed by atoms with Crippen molar-refractivity contribution in [3.8, 4) is 22.9 Å². The first-order chi connectivity index (χ1) is 13.6. The molecule has 0 saturated carbocycles. The highest BCUT2D eigenvalue weighted by Crippen LogP contribution is 2.30. The van der Waals surface area contributed by atoms with Gasteiger partial charge in [0.15, 0.2) is 11.5 Å². The minimum atomic E-state index is -0.529. The summed E-state index contributed by atoms with van der Waals surface area (Å²) < 4.78 is 11.4. The third-order valence-electron chi connectivity index (χ3n) is 4.22. The predicted octanol–water partition coefficient (Wildman–Crippen LogP) is 2.66. The highest BCUT2D eigenvalue weighted by molar-refractivity contribution is 6.30. The van der Waals surface area contributed by atoms with Crippen LogP contribution in [0.2, 0.25) is 5.02 Å². The lowest BCUT2D eigenvalue weighted by Gasteiger charge is -2.26. The van der Waals surface area contributed by atoms with Crippen LogP contribution in [0.5, 0.6) is 11.5 Å². The fourth-order valence-electron chi connectivity index (χ4n) is 2.78. The Morgan fingerprint density at radius 2 is 1.93 bits per heavy atom. The number of benzene rings is 2. The number of hydrogen-bond acceptors (Lipinski definition) is 5. The number of para-hydroxylation sites is 2. The van der Waals surface area contributed by atoms with Crippen LogP contribution in [0.15, 0.2) is 59.5 Å². The number of amides is 1. The van der Waals surface area contributed by atoms with Crippen molar-refractivity contribution in [2.24, 2.45) is 0 Å². The molecule has 1 aromatic heterocycles. The van der Waals surface area contributed by atoms with Crippen molar-refractivity contribution in [3.63, 3.8) is 0 Å². The quantitative estimate of drug-likeness (QED) is 0.706. The Balaban J connectivity index is 1.41. The second kappa shape index (κ2) is 7.74. The summed E-state index contributed by atoms with van der Waals surface area (Å²) in [5, 5.41) is 3.27. The Labute approximate surface area is 165 Å². The van der Waals surface area contributed by atoms with E-state index in [9.17, 15) is 9.59 Å². The molecule has 2 aromatic carbocycles. The van der Waals surface area contributed by atoms with E-state index in [-0.39, 0.29) is 18.2 Å². The molecule has 2 heterocycles. The number of fused-ring (bicyclic) bond motifs is 1. The molecular formula is C20H16ClN3O4. The lowest BCUT2D eigenvalue weighted by atomic mass is 10.2. The van der Waals surface area contributed by atoms with Gasteiger partial charge in [-0.3, -0.25) is 9.59 Å². The van der Waals surface area contributed by atoms with Gasteiger partial charge in [0.2, 0.25) is 0 Å². The molecule has 0 radical (unpaired) electrons. The van der Waals surface area contributed by atoms with Crippen molar-refractivity contribution in [3.05, 3.63) is 75.7 Å². The van der Waals surface area contributed by atoms with Gasteiger partial charge in [0.05, 0.1) is 6.54 Å². The molecule has 8 heteroatoms. The van der Waals surface area contributed by atoms with Crippen molar-refractivity contribution in [1.29, 1.82) is 0 Å². The molecule has 3 aromatic rings. The van der Waals surface area contributed by atoms with Gasteiger partial charge in [-0.25, -0.2) is 4.98 Å². The molecule has 0 aliphatic carbocycles. The molecule has 1 aliphatic heterocycles. The molecule has 0 bridgehead atoms. The maximum atomic E-state index is 12.4. The number of carbonyl (C=O) groups excluding carboxylic acids is 1. The summed E-state index contributed by atoms with van der Waals surface area (Å²) in [4.78, 5) is 31.4. The fraction of sp³-hybridized carbons (Fsp3) is 0.150. The van der Waals surface area contributed by atoms with Gasteiger partial charge in [0.1, 0.15) is 24.1 Å². The highest BCUT2D eigenvalue weighted by Gasteiger charge is 2.22. The Bertz CT molecular complexity index is 1070. The largest absolute Gasteiger partial charge is 0.486 e. The second-order valence-corrected chi connectivity index (χ2v) is 6.63. The number of H-pyrrole nitrogens is 1. The Kier molecular flexibility index (Phi) is 4.99. The number of aromatic amines is 1. The minimum Gasteiger partial charge on any atom is -0.486 e. The van der Waals surface area contributed by atoms with Gasteiger partial charge < -0.3 is 19.8 Å². The van der Waals surface area contributed by atoms with Crippen LogP contribution < -0.4 is 20.3 Å². The predicted molar refractivity (Wildman–Crippen MR) is 104 cm³/mol. The summed E-state index contributed by atoms with van der Waals surface area (Å²) in [6.07, 6.45) is 0.908. The summed E-state index contributed by atoms with van der Waals surface area (Å²) >= 11 is 5.86. The molecule has 0 spiro atoms. The van der Waals surface area contributed by atoms with Crippen LogP contribution in [-0.2, 0) is 0 Å². The maximum Gasteiger partial charge on any atom is 0.264 e. The number of halogens is 1. The Hall–Kier alpha value is -3.32. The van der Waals surface area contributed by atoms with E-state index < -0.39 is 11.5 Å². The third kappa shape index (κ3) is 3.84. The molecule has 1 unspecified atom stereocenters. The van der Waals surface area contributed by atoms with E-state index in [4.69, 9.17) is 21.1 Å². The highest BCUT2D eigenvalue weighted by atomic mass is 35.5. The molecule has 4 rings (SSSR count). The van der Waals surface area contributed by atoms with Gasteiger partial charge >= 0.3 is 0 Å². The summed E-state index contributed by atoms with van der Waals surface area (Å²) in [6.45, 7) is 0.507. The van der Waals surface area contributed by atoms with Crippen molar-refractivity contribution in [1.82, 2.24) is 15.3 Å². The topological polar surface area (TPSA) is 93.3 Å². The molecule has 28 heavy (non-hydrogen) atoms. The molecule has 1 amide bonds. The van der Waals surface area contributed by atoms with Crippen LogP contribution in [0.1, 0.15) is 10.4 Å². The normalized spacial score (nSPS) is 15.1. The molecule has 1 atom stereocenters. The summed E-state index contributed by atoms with van der Waals surface area (Å²) in [5.74, 6) is 1.13. The van der Waals surface area contributed by atoms with Crippen molar-refractivity contribution < 1.29 is 14.3 Å². The maximum absolute atomic E-state index is 12.4. The van der Waals surface area contributed by atoms with Gasteiger partial charge in [-0.05, 0) is 36.4 Å². The average molecular weight is 398 g/mol. The lowest BCUT2D eigenvalue weighted by molar-refractivity contribution is 0.0788. The lowest BCUT2D eigenvalue weighted by Crippen LogP contribution is -2.42. The zero-order valence-electron chi connectivity index (χ0n) is 14.6. The minimum absolute atomic E-state index is 0.0742. The van der Waals surface area contributed by atoms with Gasteiger partial charge in [-0.2, -0.15) is 0 Å². The molecule has 7 nitrogen and oxygen atoms in total. The van der Waals surface area contributed by atoms with E-state index >= 15 is 0 Å². The number of nitrogens with one attached hydrogen (secondary N) is 2. The average Bonchev–Trinajstić information content (AvgIpc) is 2.72. The number of aromatic nitrogens is 2. The van der Waals surface area contributed by atoms with Crippen molar-refractivity contribution >= 4 is 17.5 Å². The van der Waals surface area contributed by atoms with Crippen LogP contribution in [0, 0.1) is 0 Å². The molecule has 2 N–H and O–H groups in total. The number of nitrogens with zero attached hydrogens (tertiary/aromatic N) is 1. The van der Waals surface area contributed by atoms with Crippen LogP contribution in [0.4, 0.5) is 0 Å². The van der Waals surface area contributed by atoms with Crippen LogP contribution in [0.25, 0.3) is 11.4 Å². The van der Waals surface area contributed by atoms with E-state index in [1.807, 2.05) is 18.2 Å². The van der Waals surface area contributed by atoms with Crippen molar-refractivity contribution in [2.45, 2.75) is 6.10 Å². The summed E-state index contributed by atoms with van der Waals surface area (Å²) in [7, 11) is 0. The van der Waals surface area contributed by atoms with E-state index in [1.165, 1.54) is 6.20 Å². The third-order valence-corrected chi connectivity index (χ3v) is 4.47. The zero-order chi connectivity index (χ0) is 19.5. The number of ether oxygens (including phenoxy) is 2. The van der Waals surface area contributed by atoms with Gasteiger partial charge in [0.25, 0.3) is 11.5 Å². The fourth-order valence-corrected chi connectivity index (χ4v) is 2.90. The van der Waals surface area contributed by atoms with Crippen LogP contribution in [0.3, 0.4) is 0 Å². The van der Waals surface area contributed by atoms with Crippen LogP contribution in [-0.4, -0.2) is 35.1 Å². The molecule has 142 valence electrons. The molecule has 1 aliphatic rings. The first kappa shape index (κ1) is 18.1. The smallest absolute Gasteiger partial charge is 0.264 e. The standard InChI is InChI=1S/C20H16ClN3O4/c21-13-7-5-12(6-8-13)18-22-10-15(20(26)24-18)19(25)23-9-14-11-27-16-3-1-2-4-17(16)28-14/h1-8,10,14H,9,11H2,(H,23,25)(H,22,24,26). The first-order valence-electron chi connectivity index (χ1n) is 8.62. The number of hydrogen-bond donors (Lipinski definition) is 2. The van der Waals surface area contributed by atoms with E-state index in [2.05, 4.69) is 15.3 Å². The summed E-state index contributed by atoms with van der Waals surface area (Å²) in [6, 6.07) is 14.2. The van der Waals surface area contributed by atoms with Crippen molar-refractivity contribution in [2.75, 3.05) is 13.2 Å². The molecule has 0 fully saturated rings. The van der Waals surface area contributed by atoms with E-state index in [0.717, 1.165) is 0 Å². The van der Waals surface area contributed by atoms with E-state index in [0.29, 0.717) is 34.5 Å². The number of rotatable bonds is 4. The molecular weight excluding hydrogens is 382 g/mol. The monoisotopic (exact) mass is 397 g/mol. The van der Waals surface area contributed by atoms with Crippen LogP contribution >= 0.6 is 11.6 Å². The first-order valence-corrected chi connectivity index (χ1v) is 9.00. The Morgan fingerprint density at radius 1 is 1.18 bits per heavy atom. The summed E-state index contributed by atoms with van der Waals surface area (Å²) in [5.41, 5.74) is 0.0957.